The molecule has 2 aromatic rings. The molecule has 3 N–H and O–H groups in total. The summed E-state index contributed by atoms with van der Waals surface area (Å²) in [5.74, 6) is -1.51. The van der Waals surface area contributed by atoms with Crippen molar-refractivity contribution < 1.29 is 19.1 Å². The van der Waals surface area contributed by atoms with Gasteiger partial charge in [0, 0.05) is 17.3 Å². The zero-order valence-electron chi connectivity index (χ0n) is 14.7. The lowest BCUT2D eigenvalue weighted by Gasteiger charge is -2.10. The highest BCUT2D eigenvalue weighted by Gasteiger charge is 2.18. The minimum absolute atomic E-state index is 0.719. The first kappa shape index (κ1) is 18.9. The SMILES string of the molecule is Cc1nn(-c2ccccc2)c(C)c1/C=C/C(=O)OC(C)C(=O)NC(N)=O. The summed E-state index contributed by atoms with van der Waals surface area (Å²) in [5.41, 5.74) is 8.14. The second-order valence-electron chi connectivity index (χ2n) is 5.60. The number of aryl methyl sites for hydroxylation is 1. The Bertz CT molecular complexity index is 856. The zero-order valence-corrected chi connectivity index (χ0v) is 14.7. The van der Waals surface area contributed by atoms with E-state index < -0.39 is 24.0 Å². The van der Waals surface area contributed by atoms with Gasteiger partial charge in [0.25, 0.3) is 5.91 Å². The molecule has 0 saturated carbocycles. The highest BCUT2D eigenvalue weighted by Crippen LogP contribution is 2.19. The van der Waals surface area contributed by atoms with Gasteiger partial charge in [0.05, 0.1) is 11.4 Å². The van der Waals surface area contributed by atoms with Gasteiger partial charge in [-0.3, -0.25) is 10.1 Å². The van der Waals surface area contributed by atoms with Crippen LogP contribution in [0, 0.1) is 13.8 Å². The first-order valence-corrected chi connectivity index (χ1v) is 7.90. The predicted molar refractivity (Wildman–Crippen MR) is 95.4 cm³/mol. The third-order valence-electron chi connectivity index (χ3n) is 3.64. The molecule has 2 rings (SSSR count). The number of hydrogen-bond acceptors (Lipinski definition) is 5. The molecular formula is C18H20N4O4. The number of primary amides is 1. The summed E-state index contributed by atoms with van der Waals surface area (Å²) in [6, 6.07) is 8.60. The van der Waals surface area contributed by atoms with Crippen molar-refractivity contribution in [3.8, 4) is 5.69 Å². The Morgan fingerprint density at radius 1 is 1.23 bits per heavy atom. The van der Waals surface area contributed by atoms with E-state index in [0.29, 0.717) is 0 Å². The van der Waals surface area contributed by atoms with E-state index in [1.807, 2.05) is 49.5 Å². The smallest absolute Gasteiger partial charge is 0.331 e. The third kappa shape index (κ3) is 4.56. The number of amides is 3. The summed E-state index contributed by atoms with van der Waals surface area (Å²) in [5, 5.41) is 6.32. The number of nitrogens with one attached hydrogen (secondary N) is 1. The van der Waals surface area contributed by atoms with Gasteiger partial charge >= 0.3 is 12.0 Å². The minimum Gasteiger partial charge on any atom is -0.449 e. The van der Waals surface area contributed by atoms with E-state index in [-0.39, 0.29) is 0 Å². The fourth-order valence-electron chi connectivity index (χ4n) is 2.36. The average molecular weight is 356 g/mol. The van der Waals surface area contributed by atoms with Gasteiger partial charge < -0.3 is 10.5 Å². The van der Waals surface area contributed by atoms with Crippen LogP contribution < -0.4 is 11.1 Å². The van der Waals surface area contributed by atoms with Crippen LogP contribution >= 0.6 is 0 Å². The Morgan fingerprint density at radius 2 is 1.88 bits per heavy atom. The van der Waals surface area contributed by atoms with Gasteiger partial charge in [-0.2, -0.15) is 5.10 Å². The van der Waals surface area contributed by atoms with Gasteiger partial charge in [0.2, 0.25) is 0 Å². The molecule has 0 aliphatic rings. The van der Waals surface area contributed by atoms with E-state index in [9.17, 15) is 14.4 Å². The van der Waals surface area contributed by atoms with Gasteiger partial charge in [0.1, 0.15) is 0 Å². The molecule has 3 amide bonds. The number of hydrogen-bond donors (Lipinski definition) is 2. The van der Waals surface area contributed by atoms with E-state index in [2.05, 4.69) is 5.10 Å². The number of nitrogens with two attached hydrogens (primary N) is 1. The molecule has 26 heavy (non-hydrogen) atoms. The summed E-state index contributed by atoms with van der Waals surface area (Å²) < 4.78 is 6.71. The van der Waals surface area contributed by atoms with Crippen LogP contribution in [-0.2, 0) is 14.3 Å². The molecule has 1 aromatic carbocycles. The van der Waals surface area contributed by atoms with E-state index >= 15 is 0 Å². The van der Waals surface area contributed by atoms with Crippen LogP contribution in [0.2, 0.25) is 0 Å². The number of ether oxygens (including phenoxy) is 1. The van der Waals surface area contributed by atoms with Crippen molar-refractivity contribution >= 4 is 24.0 Å². The maximum atomic E-state index is 11.9. The second-order valence-corrected chi connectivity index (χ2v) is 5.60. The first-order chi connectivity index (χ1) is 12.3. The van der Waals surface area contributed by atoms with Gasteiger partial charge in [0.15, 0.2) is 6.10 Å². The normalized spacial score (nSPS) is 12.0. The largest absolute Gasteiger partial charge is 0.449 e. The number of para-hydroxylation sites is 1. The zero-order chi connectivity index (χ0) is 19.3. The van der Waals surface area contributed by atoms with E-state index in [1.165, 1.54) is 13.0 Å². The lowest BCUT2D eigenvalue weighted by Crippen LogP contribution is -2.42. The van der Waals surface area contributed by atoms with E-state index in [4.69, 9.17) is 10.5 Å². The Balaban J connectivity index is 2.11. The number of urea groups is 1. The molecule has 1 aromatic heterocycles. The number of rotatable bonds is 5. The van der Waals surface area contributed by atoms with Gasteiger partial charge in [-0.15, -0.1) is 0 Å². The molecule has 1 atom stereocenters. The Labute approximate surface area is 150 Å². The van der Waals surface area contributed by atoms with Crippen molar-refractivity contribution in [2.75, 3.05) is 0 Å². The van der Waals surface area contributed by atoms with Crippen molar-refractivity contribution in [3.63, 3.8) is 0 Å². The third-order valence-corrected chi connectivity index (χ3v) is 3.64. The highest BCUT2D eigenvalue weighted by molar-refractivity contribution is 5.97. The molecule has 136 valence electrons. The minimum atomic E-state index is -1.14. The Hall–Kier alpha value is -3.42. The molecule has 0 fully saturated rings. The number of nitrogens with zero attached hydrogens (tertiary/aromatic N) is 2. The van der Waals surface area contributed by atoms with Crippen molar-refractivity contribution in [2.24, 2.45) is 5.73 Å². The van der Waals surface area contributed by atoms with Crippen LogP contribution in [0.1, 0.15) is 23.9 Å². The molecular weight excluding hydrogens is 336 g/mol. The summed E-state index contributed by atoms with van der Waals surface area (Å²) in [4.78, 5) is 34.0. The summed E-state index contributed by atoms with van der Waals surface area (Å²) in [7, 11) is 0. The van der Waals surface area contributed by atoms with Crippen LogP contribution in [0.15, 0.2) is 36.4 Å². The number of esters is 1. The van der Waals surface area contributed by atoms with Crippen molar-refractivity contribution in [1.82, 2.24) is 15.1 Å². The summed E-state index contributed by atoms with van der Waals surface area (Å²) in [6.07, 6.45) is 1.65. The molecule has 0 saturated heterocycles. The molecule has 0 bridgehead atoms. The van der Waals surface area contributed by atoms with Gasteiger partial charge in [-0.25, -0.2) is 14.3 Å². The topological polar surface area (TPSA) is 116 Å². The average Bonchev–Trinajstić information content (AvgIpc) is 2.87. The van der Waals surface area contributed by atoms with Crippen LogP contribution in [0.5, 0.6) is 0 Å². The Morgan fingerprint density at radius 3 is 2.50 bits per heavy atom. The number of benzene rings is 1. The van der Waals surface area contributed by atoms with E-state index in [1.54, 1.807) is 10.8 Å². The molecule has 1 heterocycles. The standard InChI is InChI=1S/C18H20N4O4/c1-11-15(12(2)22(21-11)14-7-5-4-6-8-14)9-10-16(23)26-13(3)17(24)20-18(19)25/h4-10,13H,1-3H3,(H3,19,20,24,25)/b10-9+. The Kier molecular flexibility index (Phi) is 5.90. The highest BCUT2D eigenvalue weighted by atomic mass is 16.5. The number of imide groups is 1. The lowest BCUT2D eigenvalue weighted by molar-refractivity contribution is -0.149. The fourth-order valence-corrected chi connectivity index (χ4v) is 2.36. The van der Waals surface area contributed by atoms with Crippen LogP contribution in [0.4, 0.5) is 4.79 Å². The van der Waals surface area contributed by atoms with Crippen molar-refractivity contribution in [3.05, 3.63) is 53.4 Å². The fraction of sp³-hybridized carbons (Fsp3) is 0.222. The molecule has 0 radical (unpaired) electrons. The number of carbonyl (C=O) groups is 3. The first-order valence-electron chi connectivity index (χ1n) is 7.90. The second kappa shape index (κ2) is 8.11. The van der Waals surface area contributed by atoms with Crippen LogP contribution in [-0.4, -0.2) is 33.8 Å². The van der Waals surface area contributed by atoms with E-state index in [0.717, 1.165) is 22.6 Å². The van der Waals surface area contributed by atoms with Crippen LogP contribution in [0.3, 0.4) is 0 Å². The monoisotopic (exact) mass is 356 g/mol. The molecule has 0 aliphatic heterocycles. The summed E-state index contributed by atoms with van der Waals surface area (Å²) >= 11 is 0. The van der Waals surface area contributed by atoms with Gasteiger partial charge in [-0.1, -0.05) is 18.2 Å². The lowest BCUT2D eigenvalue weighted by atomic mass is 10.2. The molecule has 8 heteroatoms. The molecule has 1 unspecified atom stereocenters. The molecule has 0 aliphatic carbocycles. The van der Waals surface area contributed by atoms with Crippen molar-refractivity contribution in [1.29, 1.82) is 0 Å². The quantitative estimate of drug-likeness (QED) is 0.624. The molecule has 8 nitrogen and oxygen atoms in total. The van der Waals surface area contributed by atoms with Crippen molar-refractivity contribution in [2.45, 2.75) is 26.9 Å². The number of aromatic nitrogens is 2. The predicted octanol–water partition coefficient (Wildman–Crippen LogP) is 1.63. The maximum Gasteiger partial charge on any atom is 0.331 e. The number of carbonyl (C=O) groups excluding carboxylic acids is 3. The maximum absolute atomic E-state index is 11.9. The molecule has 0 spiro atoms. The van der Waals surface area contributed by atoms with Crippen LogP contribution in [0.25, 0.3) is 11.8 Å². The summed E-state index contributed by atoms with van der Waals surface area (Å²) in [6.45, 7) is 5.06. The van der Waals surface area contributed by atoms with Gasteiger partial charge in [-0.05, 0) is 39.0 Å².